The van der Waals surface area contributed by atoms with Crippen LogP contribution in [0, 0.1) is 0 Å². The third-order valence-electron chi connectivity index (χ3n) is 5.91. The summed E-state index contributed by atoms with van der Waals surface area (Å²) in [6, 6.07) is 15.2. The molecule has 1 fully saturated rings. The van der Waals surface area contributed by atoms with Gasteiger partial charge in [0.1, 0.15) is 5.75 Å². The van der Waals surface area contributed by atoms with Gasteiger partial charge in [-0.15, -0.1) is 0 Å². The molecule has 0 spiro atoms. The number of fused-ring (bicyclic) bond motifs is 1. The second-order valence-electron chi connectivity index (χ2n) is 7.64. The topological polar surface area (TPSA) is 82.7 Å². The van der Waals surface area contributed by atoms with Gasteiger partial charge in [-0.1, -0.05) is 24.3 Å². The van der Waals surface area contributed by atoms with Crippen LogP contribution in [0.25, 0.3) is 11.1 Å². The molecule has 7 heteroatoms. The Kier molecular flexibility index (Phi) is 5.90. The molecule has 2 heterocycles. The maximum Gasteiger partial charge on any atom is 0.419 e. The minimum Gasteiger partial charge on any atom is -0.497 e. The summed E-state index contributed by atoms with van der Waals surface area (Å²) >= 11 is 0. The number of hydrogen-bond acceptors (Lipinski definition) is 5. The summed E-state index contributed by atoms with van der Waals surface area (Å²) in [7, 11) is 1.65. The average Bonchev–Trinajstić information content (AvgIpc) is 3.12. The molecule has 1 aromatic heterocycles. The normalized spacial score (nSPS) is 15.8. The van der Waals surface area contributed by atoms with Gasteiger partial charge in [0.2, 0.25) is 5.91 Å². The minimum atomic E-state index is -0.442. The van der Waals surface area contributed by atoms with Gasteiger partial charge in [0, 0.05) is 38.1 Å². The first kappa shape index (κ1) is 20.2. The van der Waals surface area contributed by atoms with Crippen molar-refractivity contribution in [2.24, 2.45) is 0 Å². The molecule has 30 heavy (non-hydrogen) atoms. The molecule has 158 valence electrons. The fourth-order valence-electron chi connectivity index (χ4n) is 4.07. The van der Waals surface area contributed by atoms with E-state index in [0.717, 1.165) is 18.6 Å². The Labute approximate surface area is 174 Å². The monoisotopic (exact) mass is 410 g/mol. The second-order valence-corrected chi connectivity index (χ2v) is 7.64. The van der Waals surface area contributed by atoms with Crippen LogP contribution in [0.2, 0.25) is 0 Å². The van der Waals surface area contributed by atoms with Gasteiger partial charge in [0.15, 0.2) is 5.58 Å². The van der Waals surface area contributed by atoms with Gasteiger partial charge in [0.05, 0.1) is 12.6 Å². The molecule has 0 unspecified atom stereocenters. The molecule has 0 bridgehead atoms. The molecule has 3 aromatic rings. The lowest BCUT2D eigenvalue weighted by Crippen LogP contribution is -2.44. The molecule has 0 atom stereocenters. The summed E-state index contributed by atoms with van der Waals surface area (Å²) in [5.74, 6) is 0.275. The van der Waals surface area contributed by atoms with Crippen molar-refractivity contribution in [3.05, 3.63) is 64.6 Å². The predicted octanol–water partition coefficient (Wildman–Crippen LogP) is 2.86. The fraction of sp³-hybridized carbons (Fsp3) is 0.391. The van der Waals surface area contributed by atoms with E-state index in [1.165, 1.54) is 10.1 Å². The Morgan fingerprint density at radius 1 is 1.13 bits per heavy atom. The lowest BCUT2D eigenvalue weighted by Gasteiger charge is -2.38. The van der Waals surface area contributed by atoms with Crippen molar-refractivity contribution in [1.29, 1.82) is 0 Å². The Bertz CT molecular complexity index is 1060. The highest BCUT2D eigenvalue weighted by molar-refractivity contribution is 5.77. The van der Waals surface area contributed by atoms with Crippen LogP contribution >= 0.6 is 0 Å². The van der Waals surface area contributed by atoms with Crippen molar-refractivity contribution in [1.82, 2.24) is 9.88 Å². The van der Waals surface area contributed by atoms with Crippen molar-refractivity contribution >= 4 is 17.0 Å². The number of carbonyl (C=O) groups excluding carboxylic acids is 1. The smallest absolute Gasteiger partial charge is 0.419 e. The predicted molar refractivity (Wildman–Crippen MR) is 113 cm³/mol. The summed E-state index contributed by atoms with van der Waals surface area (Å²) in [5, 5.41) is 3.08. The van der Waals surface area contributed by atoms with E-state index in [4.69, 9.17) is 13.9 Å². The van der Waals surface area contributed by atoms with Crippen LogP contribution in [-0.4, -0.2) is 37.3 Å². The molecule has 2 aromatic carbocycles. The zero-order chi connectivity index (χ0) is 21.0. The molecule has 1 saturated heterocycles. The van der Waals surface area contributed by atoms with Gasteiger partial charge in [0.25, 0.3) is 0 Å². The van der Waals surface area contributed by atoms with Gasteiger partial charge in [-0.25, -0.2) is 4.79 Å². The number of aromatic nitrogens is 1. The number of aryl methyl sites for hydroxylation is 1. The number of nitrogens with zero attached hydrogens (tertiary/aromatic N) is 1. The van der Waals surface area contributed by atoms with Gasteiger partial charge < -0.3 is 19.2 Å². The van der Waals surface area contributed by atoms with Gasteiger partial charge in [-0.05, 0) is 42.7 Å². The minimum absolute atomic E-state index is 0.0911. The number of amides is 1. The van der Waals surface area contributed by atoms with E-state index in [-0.39, 0.29) is 24.3 Å². The van der Waals surface area contributed by atoms with E-state index in [2.05, 4.69) is 17.4 Å². The van der Waals surface area contributed by atoms with Gasteiger partial charge in [-0.3, -0.25) is 9.36 Å². The molecule has 7 nitrogen and oxygen atoms in total. The number of methoxy groups -OCH3 is 1. The van der Waals surface area contributed by atoms with Crippen LogP contribution in [0.5, 0.6) is 5.75 Å². The van der Waals surface area contributed by atoms with E-state index >= 15 is 0 Å². The van der Waals surface area contributed by atoms with Gasteiger partial charge >= 0.3 is 5.76 Å². The Morgan fingerprint density at radius 3 is 2.60 bits per heavy atom. The lowest BCUT2D eigenvalue weighted by molar-refractivity contribution is -0.121. The second kappa shape index (κ2) is 8.75. The number of para-hydroxylation sites is 2. The SMILES string of the molecule is COc1ccc(C2(CNC(=O)CCn3c(=O)oc4ccccc43)CCOCC2)cc1. The third-order valence-corrected chi connectivity index (χ3v) is 5.91. The Hall–Kier alpha value is -3.06. The highest BCUT2D eigenvalue weighted by Gasteiger charge is 2.34. The fourth-order valence-corrected chi connectivity index (χ4v) is 4.07. The maximum atomic E-state index is 12.6. The summed E-state index contributed by atoms with van der Waals surface area (Å²) in [5.41, 5.74) is 2.24. The highest BCUT2D eigenvalue weighted by Crippen LogP contribution is 2.35. The maximum absolute atomic E-state index is 12.6. The largest absolute Gasteiger partial charge is 0.497 e. The summed E-state index contributed by atoms with van der Waals surface area (Å²) in [6.45, 7) is 2.14. The quantitative estimate of drug-likeness (QED) is 0.648. The van der Waals surface area contributed by atoms with Crippen LogP contribution in [0.4, 0.5) is 0 Å². The number of carbonyl (C=O) groups is 1. The molecule has 1 aliphatic rings. The molecular weight excluding hydrogens is 384 g/mol. The van der Waals surface area contributed by atoms with Crippen molar-refractivity contribution in [3.63, 3.8) is 0 Å². The standard InChI is InChI=1S/C23H26N2O5/c1-28-18-8-6-17(7-9-18)23(11-14-29-15-12-23)16-24-21(26)10-13-25-19-4-2-3-5-20(19)30-22(25)27/h2-9H,10-16H2,1H3,(H,24,26). The van der Waals surface area contributed by atoms with Gasteiger partial charge in [-0.2, -0.15) is 0 Å². The molecule has 1 N–H and O–H groups in total. The van der Waals surface area contributed by atoms with Crippen molar-refractivity contribution < 1.29 is 18.7 Å². The number of rotatable bonds is 7. The first-order valence-electron chi connectivity index (χ1n) is 10.2. The van der Waals surface area contributed by atoms with Crippen molar-refractivity contribution in [3.8, 4) is 5.75 Å². The summed E-state index contributed by atoms with van der Waals surface area (Å²) < 4.78 is 17.6. The Balaban J connectivity index is 1.42. The molecule has 0 radical (unpaired) electrons. The van der Waals surface area contributed by atoms with Crippen molar-refractivity contribution in [2.75, 3.05) is 26.9 Å². The van der Waals surface area contributed by atoms with Crippen LogP contribution in [-0.2, 0) is 21.5 Å². The molecule has 4 rings (SSSR count). The molecule has 0 aliphatic carbocycles. The number of ether oxygens (including phenoxy) is 2. The van der Waals surface area contributed by atoms with Crippen molar-refractivity contribution in [2.45, 2.75) is 31.2 Å². The molecule has 1 aliphatic heterocycles. The number of nitrogens with one attached hydrogen (secondary N) is 1. The Morgan fingerprint density at radius 2 is 1.87 bits per heavy atom. The number of hydrogen-bond donors (Lipinski definition) is 1. The molecule has 0 saturated carbocycles. The van der Waals surface area contributed by atoms with Crippen LogP contribution in [0.3, 0.4) is 0 Å². The molecular formula is C23H26N2O5. The molecule has 1 amide bonds. The van der Waals surface area contributed by atoms with Crippen LogP contribution in [0.15, 0.2) is 57.7 Å². The summed E-state index contributed by atoms with van der Waals surface area (Å²) in [6.07, 6.45) is 1.88. The number of oxazole rings is 1. The summed E-state index contributed by atoms with van der Waals surface area (Å²) in [4.78, 5) is 24.7. The lowest BCUT2D eigenvalue weighted by atomic mass is 9.74. The third kappa shape index (κ3) is 4.11. The first-order valence-corrected chi connectivity index (χ1v) is 10.2. The van der Waals surface area contributed by atoms with Crippen LogP contribution in [0.1, 0.15) is 24.8 Å². The first-order chi connectivity index (χ1) is 14.6. The van der Waals surface area contributed by atoms with E-state index in [9.17, 15) is 9.59 Å². The highest BCUT2D eigenvalue weighted by atomic mass is 16.5. The zero-order valence-electron chi connectivity index (χ0n) is 17.1. The zero-order valence-corrected chi connectivity index (χ0v) is 17.1. The van der Waals surface area contributed by atoms with E-state index in [0.29, 0.717) is 30.9 Å². The van der Waals surface area contributed by atoms with E-state index < -0.39 is 5.76 Å². The average molecular weight is 410 g/mol. The van der Waals surface area contributed by atoms with E-state index in [1.54, 1.807) is 13.2 Å². The van der Waals surface area contributed by atoms with E-state index in [1.807, 2.05) is 30.3 Å². The number of benzene rings is 2. The van der Waals surface area contributed by atoms with Crippen LogP contribution < -0.4 is 15.8 Å².